The van der Waals surface area contributed by atoms with Gasteiger partial charge in [-0.05, 0) is 31.7 Å². The van der Waals surface area contributed by atoms with Gasteiger partial charge in [0.2, 0.25) is 0 Å². The molecule has 0 radical (unpaired) electrons. The van der Waals surface area contributed by atoms with Gasteiger partial charge in [-0.3, -0.25) is 4.90 Å². The molecule has 0 aliphatic carbocycles. The van der Waals surface area contributed by atoms with E-state index in [1.54, 1.807) is 34.0 Å². The molecular weight excluding hydrogens is 421 g/mol. The fourth-order valence-electron chi connectivity index (χ4n) is 4.28. The first-order chi connectivity index (χ1) is 16.1. The van der Waals surface area contributed by atoms with E-state index >= 15 is 0 Å². The number of likely N-dealkylation sites (N-methyl/N-ethyl adjacent to an activating group) is 1. The first-order valence-electron chi connectivity index (χ1n) is 11.4. The van der Waals surface area contributed by atoms with Gasteiger partial charge in [-0.1, -0.05) is 13.3 Å². The minimum Gasteiger partial charge on any atom is -0.304 e. The average molecular weight is 450 g/mol. The van der Waals surface area contributed by atoms with Gasteiger partial charge >= 0.3 is 0 Å². The molecule has 5 heterocycles. The van der Waals surface area contributed by atoms with Crippen molar-refractivity contribution in [1.82, 2.24) is 44.1 Å². The zero-order valence-electron chi connectivity index (χ0n) is 19.0. The van der Waals surface area contributed by atoms with Gasteiger partial charge in [0.15, 0.2) is 23.1 Å². The lowest BCUT2D eigenvalue weighted by Gasteiger charge is -2.31. The van der Waals surface area contributed by atoms with Crippen LogP contribution < -0.4 is 0 Å². The third-order valence-corrected chi connectivity index (χ3v) is 6.09. The van der Waals surface area contributed by atoms with E-state index in [-0.39, 0.29) is 5.82 Å². The third kappa shape index (κ3) is 4.49. The molecule has 0 saturated carbocycles. The van der Waals surface area contributed by atoms with Crippen LogP contribution in [0.3, 0.4) is 0 Å². The fraction of sp³-hybridized carbons (Fsp3) is 0.435. The summed E-state index contributed by atoms with van der Waals surface area (Å²) in [4.78, 5) is 18.5. The number of hydrogen-bond acceptors (Lipinski definition) is 7. The van der Waals surface area contributed by atoms with E-state index in [0.29, 0.717) is 6.42 Å². The zero-order valence-corrected chi connectivity index (χ0v) is 19.0. The van der Waals surface area contributed by atoms with Crippen molar-refractivity contribution in [3.05, 3.63) is 65.5 Å². The Labute approximate surface area is 191 Å². The number of rotatable bonds is 7. The largest absolute Gasteiger partial charge is 0.304 e. The van der Waals surface area contributed by atoms with Gasteiger partial charge < -0.3 is 4.90 Å². The lowest BCUT2D eigenvalue weighted by molar-refractivity contribution is 0.145. The highest BCUT2D eigenvalue weighted by Gasteiger charge is 2.20. The van der Waals surface area contributed by atoms with Crippen molar-refractivity contribution >= 4 is 5.65 Å². The smallest absolute Gasteiger partial charge is 0.189 e. The quantitative estimate of drug-likeness (QED) is 0.428. The molecule has 0 atom stereocenters. The van der Waals surface area contributed by atoms with Crippen LogP contribution in [0.25, 0.3) is 11.5 Å². The molecule has 1 aliphatic rings. The van der Waals surface area contributed by atoms with Crippen LogP contribution in [0, 0.1) is 5.82 Å². The maximum atomic E-state index is 14.3. The summed E-state index contributed by atoms with van der Waals surface area (Å²) in [7, 11) is 2.15. The molecular formula is C23H28FN9. The van der Waals surface area contributed by atoms with Gasteiger partial charge in [-0.2, -0.15) is 5.10 Å². The molecule has 0 unspecified atom stereocenters. The Hall–Kier alpha value is -3.24. The second-order valence-electron chi connectivity index (χ2n) is 8.52. The number of nitrogens with zero attached hydrogens (tertiary/aromatic N) is 9. The molecule has 0 amide bonds. The van der Waals surface area contributed by atoms with Gasteiger partial charge in [0.05, 0.1) is 17.9 Å². The summed E-state index contributed by atoms with van der Waals surface area (Å²) < 4.78 is 17.7. The first-order valence-corrected chi connectivity index (χ1v) is 11.4. The molecule has 172 valence electrons. The minimum atomic E-state index is -0.411. The van der Waals surface area contributed by atoms with Crippen LogP contribution >= 0.6 is 0 Å². The van der Waals surface area contributed by atoms with Crippen molar-refractivity contribution in [2.75, 3.05) is 33.2 Å². The van der Waals surface area contributed by atoms with Gasteiger partial charge in [0.1, 0.15) is 6.33 Å². The fourth-order valence-corrected chi connectivity index (χ4v) is 4.28. The van der Waals surface area contributed by atoms with Crippen LogP contribution in [0.15, 0.2) is 36.9 Å². The zero-order chi connectivity index (χ0) is 22.8. The van der Waals surface area contributed by atoms with Crippen molar-refractivity contribution in [2.24, 2.45) is 0 Å². The number of fused-ring (bicyclic) bond motifs is 1. The SMILES string of the molecule is CCCc1c(Cc2ccnn2-c2ncccc2F)ncn2nc(CN3CCN(C)CC3)nc12. The summed E-state index contributed by atoms with van der Waals surface area (Å²) in [6.07, 6.45) is 7.25. The van der Waals surface area contributed by atoms with Crippen molar-refractivity contribution in [3.63, 3.8) is 0 Å². The molecule has 4 aromatic heterocycles. The molecule has 33 heavy (non-hydrogen) atoms. The molecule has 1 fully saturated rings. The lowest BCUT2D eigenvalue weighted by atomic mass is 10.1. The second kappa shape index (κ2) is 9.32. The Bertz CT molecular complexity index is 1240. The highest BCUT2D eigenvalue weighted by Crippen LogP contribution is 2.21. The molecule has 5 rings (SSSR count). The molecule has 0 aromatic carbocycles. The predicted octanol–water partition coefficient (Wildman–Crippen LogP) is 2.13. The van der Waals surface area contributed by atoms with E-state index in [1.165, 1.54) is 6.07 Å². The monoisotopic (exact) mass is 449 g/mol. The van der Waals surface area contributed by atoms with E-state index in [9.17, 15) is 4.39 Å². The molecule has 10 heteroatoms. The van der Waals surface area contributed by atoms with Crippen LogP contribution in [0.1, 0.15) is 36.1 Å². The van der Waals surface area contributed by atoms with Gasteiger partial charge in [0, 0.05) is 50.6 Å². The third-order valence-electron chi connectivity index (χ3n) is 6.09. The van der Waals surface area contributed by atoms with Gasteiger partial charge in [-0.15, -0.1) is 5.10 Å². The van der Waals surface area contributed by atoms with Crippen LogP contribution in [-0.2, 0) is 19.4 Å². The number of piperazine rings is 1. The Kier molecular flexibility index (Phi) is 6.10. The normalized spacial score (nSPS) is 15.5. The lowest BCUT2D eigenvalue weighted by Crippen LogP contribution is -2.44. The predicted molar refractivity (Wildman–Crippen MR) is 122 cm³/mol. The number of aryl methyl sites for hydroxylation is 1. The summed E-state index contributed by atoms with van der Waals surface area (Å²) >= 11 is 0. The molecule has 1 saturated heterocycles. The topological polar surface area (TPSA) is 80.3 Å². The molecule has 0 N–H and O–H groups in total. The van der Waals surface area contributed by atoms with Crippen LogP contribution in [0.5, 0.6) is 0 Å². The van der Waals surface area contributed by atoms with Gasteiger partial charge in [-0.25, -0.2) is 28.5 Å². The Morgan fingerprint density at radius 3 is 2.70 bits per heavy atom. The van der Waals surface area contributed by atoms with Crippen LogP contribution in [-0.4, -0.2) is 77.4 Å². The average Bonchev–Trinajstić information content (AvgIpc) is 3.44. The van der Waals surface area contributed by atoms with Crippen molar-refractivity contribution in [3.8, 4) is 5.82 Å². The van der Waals surface area contributed by atoms with E-state index in [1.807, 2.05) is 6.07 Å². The van der Waals surface area contributed by atoms with Crippen LogP contribution in [0.4, 0.5) is 4.39 Å². The number of pyridine rings is 1. The van der Waals surface area contributed by atoms with Gasteiger partial charge in [0.25, 0.3) is 0 Å². The van der Waals surface area contributed by atoms with E-state index in [4.69, 9.17) is 15.1 Å². The Morgan fingerprint density at radius 2 is 1.91 bits per heavy atom. The molecule has 4 aromatic rings. The van der Waals surface area contributed by atoms with E-state index < -0.39 is 5.82 Å². The summed E-state index contributed by atoms with van der Waals surface area (Å²) in [5.41, 5.74) is 3.65. The first kappa shape index (κ1) is 21.6. The second-order valence-corrected chi connectivity index (χ2v) is 8.52. The van der Waals surface area contributed by atoms with Crippen molar-refractivity contribution < 1.29 is 4.39 Å². The minimum absolute atomic E-state index is 0.188. The number of aromatic nitrogens is 7. The van der Waals surface area contributed by atoms with E-state index in [2.05, 4.69) is 33.9 Å². The number of hydrogen-bond donors (Lipinski definition) is 0. The standard InChI is InChI=1S/C23H28FN9/c1-3-5-18-20(14-17-7-9-27-33(17)23-19(24)6-4-8-25-23)26-16-32-22(18)28-21(29-32)15-31-12-10-30(2)11-13-31/h4,6-9,16H,3,5,10-15H2,1-2H3. The highest BCUT2D eigenvalue weighted by molar-refractivity contribution is 5.50. The summed E-state index contributed by atoms with van der Waals surface area (Å²) in [6, 6.07) is 4.83. The Balaban J connectivity index is 1.45. The van der Waals surface area contributed by atoms with Crippen LogP contribution in [0.2, 0.25) is 0 Å². The molecule has 0 spiro atoms. The molecule has 0 bridgehead atoms. The summed E-state index contributed by atoms with van der Waals surface area (Å²) in [6.45, 7) is 7.04. The van der Waals surface area contributed by atoms with Crippen molar-refractivity contribution in [2.45, 2.75) is 32.7 Å². The molecule has 9 nitrogen and oxygen atoms in total. The summed E-state index contributed by atoms with van der Waals surface area (Å²) in [5.74, 6) is 0.592. The maximum absolute atomic E-state index is 14.3. The Morgan fingerprint density at radius 1 is 1.06 bits per heavy atom. The van der Waals surface area contributed by atoms with Crippen molar-refractivity contribution in [1.29, 1.82) is 0 Å². The number of halogens is 1. The highest BCUT2D eigenvalue weighted by atomic mass is 19.1. The van der Waals surface area contributed by atoms with E-state index in [0.717, 1.165) is 74.0 Å². The maximum Gasteiger partial charge on any atom is 0.189 e. The molecule has 1 aliphatic heterocycles. The summed E-state index contributed by atoms with van der Waals surface area (Å²) in [5, 5.41) is 8.99.